The van der Waals surface area contributed by atoms with Gasteiger partial charge in [0.05, 0.1) is 16.8 Å². The van der Waals surface area contributed by atoms with Gasteiger partial charge in [0.25, 0.3) is 0 Å². The van der Waals surface area contributed by atoms with E-state index < -0.39 is 9.75 Å². The lowest BCUT2D eigenvalue weighted by atomic mass is 10.1. The average molecular weight is 338 g/mol. The largest absolute Gasteiger partial charge is 0.325 e. The number of halogens is 2. The molecule has 1 N–H and O–H groups in total. The van der Waals surface area contributed by atoms with E-state index >= 15 is 0 Å². The molecular formula is C16H17Cl2N3O. The Bertz CT molecular complexity index is 754. The summed E-state index contributed by atoms with van der Waals surface area (Å²) in [6.45, 7) is 5.71. The van der Waals surface area contributed by atoms with Gasteiger partial charge >= 0.3 is 0 Å². The Kier molecular flexibility index (Phi) is 3.49. The standard InChI is InChI=1S/C16H17Cl2N3O/c1-10-7-11(2)21(20-10)13-6-4-5-12(8-13)19-14(22)15(3)9-16(15,17)18/h4-8H,9H2,1-3H3,(H,19,22)/t15-/m1/s1. The van der Waals surface area contributed by atoms with Crippen molar-refractivity contribution in [3.05, 3.63) is 41.7 Å². The molecule has 0 aliphatic heterocycles. The highest BCUT2D eigenvalue weighted by Gasteiger charge is 2.67. The van der Waals surface area contributed by atoms with E-state index in [2.05, 4.69) is 10.4 Å². The number of nitrogens with zero attached hydrogens (tertiary/aromatic N) is 2. The highest BCUT2D eigenvalue weighted by Crippen LogP contribution is 2.64. The van der Waals surface area contributed by atoms with Crippen LogP contribution in [0.4, 0.5) is 5.69 Å². The third kappa shape index (κ3) is 2.50. The highest BCUT2D eigenvalue weighted by atomic mass is 35.5. The maximum absolute atomic E-state index is 12.3. The molecule has 0 bridgehead atoms. The summed E-state index contributed by atoms with van der Waals surface area (Å²) in [5, 5.41) is 7.33. The first-order valence-electron chi connectivity index (χ1n) is 7.06. The Morgan fingerprint density at radius 3 is 2.55 bits per heavy atom. The van der Waals surface area contributed by atoms with Crippen molar-refractivity contribution in [3.8, 4) is 5.69 Å². The number of anilines is 1. The zero-order valence-corrected chi connectivity index (χ0v) is 14.2. The molecule has 1 fully saturated rings. The second-order valence-electron chi connectivity index (χ2n) is 6.06. The van der Waals surface area contributed by atoms with Crippen LogP contribution in [0.1, 0.15) is 24.7 Å². The normalized spacial score (nSPS) is 22.4. The molecule has 0 saturated heterocycles. The van der Waals surface area contributed by atoms with Crippen molar-refractivity contribution < 1.29 is 4.79 Å². The van der Waals surface area contributed by atoms with Crippen LogP contribution in [0.25, 0.3) is 5.69 Å². The third-order valence-corrected chi connectivity index (χ3v) is 5.22. The number of alkyl halides is 2. The van der Waals surface area contributed by atoms with Crippen LogP contribution < -0.4 is 5.32 Å². The SMILES string of the molecule is Cc1cc(C)n(-c2cccc(NC(=O)[C@@]3(C)CC3(Cl)Cl)c2)n1. The van der Waals surface area contributed by atoms with Crippen LogP contribution in [0.2, 0.25) is 0 Å². The fourth-order valence-electron chi connectivity index (χ4n) is 2.52. The van der Waals surface area contributed by atoms with Gasteiger partial charge in [-0.25, -0.2) is 4.68 Å². The van der Waals surface area contributed by atoms with Gasteiger partial charge in [0.15, 0.2) is 0 Å². The monoisotopic (exact) mass is 337 g/mol. The Labute approximate surface area is 139 Å². The molecule has 0 radical (unpaired) electrons. The number of rotatable bonds is 3. The lowest BCUT2D eigenvalue weighted by Crippen LogP contribution is -2.26. The Balaban J connectivity index is 1.84. The van der Waals surface area contributed by atoms with Crippen molar-refractivity contribution in [1.82, 2.24) is 9.78 Å². The average Bonchev–Trinajstić information content (AvgIpc) is 2.78. The number of aromatic nitrogens is 2. The predicted molar refractivity (Wildman–Crippen MR) is 88.8 cm³/mol. The maximum atomic E-state index is 12.3. The van der Waals surface area contributed by atoms with Crippen LogP contribution in [0.15, 0.2) is 30.3 Å². The van der Waals surface area contributed by atoms with Gasteiger partial charge in [0.1, 0.15) is 4.33 Å². The van der Waals surface area contributed by atoms with Crippen molar-refractivity contribution in [2.75, 3.05) is 5.32 Å². The molecule has 3 rings (SSSR count). The molecule has 4 nitrogen and oxygen atoms in total. The van der Waals surface area contributed by atoms with E-state index in [1.807, 2.05) is 48.9 Å². The van der Waals surface area contributed by atoms with Crippen LogP contribution in [0, 0.1) is 19.3 Å². The number of benzene rings is 1. The number of carbonyl (C=O) groups is 1. The minimum atomic E-state index is -0.968. The van der Waals surface area contributed by atoms with E-state index in [9.17, 15) is 4.79 Å². The van der Waals surface area contributed by atoms with Crippen LogP contribution in [0.3, 0.4) is 0 Å². The number of carbonyl (C=O) groups excluding carboxylic acids is 1. The number of aryl methyl sites for hydroxylation is 2. The van der Waals surface area contributed by atoms with Gasteiger partial charge in [-0.05, 0) is 51.5 Å². The lowest BCUT2D eigenvalue weighted by Gasteiger charge is -2.13. The van der Waals surface area contributed by atoms with Crippen LogP contribution in [-0.4, -0.2) is 20.0 Å². The van der Waals surface area contributed by atoms with Crippen LogP contribution in [-0.2, 0) is 4.79 Å². The minimum Gasteiger partial charge on any atom is -0.325 e. The molecule has 1 saturated carbocycles. The number of hydrogen-bond donors (Lipinski definition) is 1. The summed E-state index contributed by atoms with van der Waals surface area (Å²) in [4.78, 5) is 12.3. The smallest absolute Gasteiger partial charge is 0.233 e. The molecule has 1 aromatic heterocycles. The van der Waals surface area contributed by atoms with Crippen molar-refractivity contribution >= 4 is 34.8 Å². The summed E-state index contributed by atoms with van der Waals surface area (Å²) in [6.07, 6.45) is 0.464. The second kappa shape index (κ2) is 5.00. The highest BCUT2D eigenvalue weighted by molar-refractivity contribution is 6.53. The van der Waals surface area contributed by atoms with E-state index in [1.54, 1.807) is 6.92 Å². The molecule has 0 spiro atoms. The number of amides is 1. The number of hydrogen-bond acceptors (Lipinski definition) is 2. The van der Waals surface area contributed by atoms with Gasteiger partial charge in [-0.3, -0.25) is 4.79 Å². The first-order chi connectivity index (χ1) is 10.2. The molecule has 116 valence electrons. The summed E-state index contributed by atoms with van der Waals surface area (Å²) in [5.74, 6) is -0.164. The van der Waals surface area contributed by atoms with Crippen molar-refractivity contribution in [3.63, 3.8) is 0 Å². The lowest BCUT2D eigenvalue weighted by molar-refractivity contribution is -0.120. The molecule has 1 aromatic carbocycles. The summed E-state index contributed by atoms with van der Waals surface area (Å²) in [6, 6.07) is 9.55. The van der Waals surface area contributed by atoms with Crippen molar-refractivity contribution in [2.45, 2.75) is 31.5 Å². The summed E-state index contributed by atoms with van der Waals surface area (Å²) < 4.78 is 0.877. The van der Waals surface area contributed by atoms with Gasteiger partial charge in [-0.2, -0.15) is 5.10 Å². The Morgan fingerprint density at radius 1 is 1.32 bits per heavy atom. The molecule has 1 aliphatic rings. The quantitative estimate of drug-likeness (QED) is 0.860. The molecule has 1 atom stereocenters. The van der Waals surface area contributed by atoms with Crippen LogP contribution in [0.5, 0.6) is 0 Å². The van der Waals surface area contributed by atoms with Crippen molar-refractivity contribution in [1.29, 1.82) is 0 Å². The molecule has 1 heterocycles. The zero-order chi connectivity index (χ0) is 16.1. The van der Waals surface area contributed by atoms with Gasteiger partial charge < -0.3 is 5.32 Å². The van der Waals surface area contributed by atoms with Crippen LogP contribution >= 0.6 is 23.2 Å². The molecule has 2 aromatic rings. The first kappa shape index (κ1) is 15.4. The van der Waals surface area contributed by atoms with Crippen molar-refractivity contribution in [2.24, 2.45) is 5.41 Å². The second-order valence-corrected chi connectivity index (χ2v) is 7.54. The summed E-state index contributed by atoms with van der Waals surface area (Å²) >= 11 is 12.1. The fourth-order valence-corrected chi connectivity index (χ4v) is 3.23. The topological polar surface area (TPSA) is 46.9 Å². The van der Waals surface area contributed by atoms with E-state index in [1.165, 1.54) is 0 Å². The molecule has 6 heteroatoms. The number of nitrogens with one attached hydrogen (secondary N) is 1. The van der Waals surface area contributed by atoms with Gasteiger partial charge in [0.2, 0.25) is 5.91 Å². The van der Waals surface area contributed by atoms with E-state index in [0.29, 0.717) is 12.1 Å². The van der Waals surface area contributed by atoms with Gasteiger partial charge in [-0.1, -0.05) is 6.07 Å². The first-order valence-corrected chi connectivity index (χ1v) is 7.81. The minimum absolute atomic E-state index is 0.164. The third-order valence-electron chi connectivity index (χ3n) is 4.12. The Hall–Kier alpha value is -1.52. The molecule has 1 amide bonds. The predicted octanol–water partition coefficient (Wildman–Crippen LogP) is 4.01. The van der Waals surface area contributed by atoms with E-state index in [0.717, 1.165) is 17.1 Å². The molecule has 0 unspecified atom stereocenters. The zero-order valence-electron chi connectivity index (χ0n) is 12.7. The Morgan fingerprint density at radius 2 is 2.00 bits per heavy atom. The van der Waals surface area contributed by atoms with E-state index in [-0.39, 0.29) is 5.91 Å². The van der Waals surface area contributed by atoms with Gasteiger partial charge in [0, 0.05) is 11.4 Å². The van der Waals surface area contributed by atoms with Gasteiger partial charge in [-0.15, -0.1) is 23.2 Å². The van der Waals surface area contributed by atoms with E-state index in [4.69, 9.17) is 23.2 Å². The summed E-state index contributed by atoms with van der Waals surface area (Å²) in [7, 11) is 0. The molecule has 1 aliphatic carbocycles. The molecule has 22 heavy (non-hydrogen) atoms. The fraction of sp³-hybridized carbons (Fsp3) is 0.375. The summed E-state index contributed by atoms with van der Waals surface area (Å²) in [5.41, 5.74) is 2.85. The molecular weight excluding hydrogens is 321 g/mol. The maximum Gasteiger partial charge on any atom is 0.233 e.